The van der Waals surface area contributed by atoms with Gasteiger partial charge in [0.25, 0.3) is 0 Å². The van der Waals surface area contributed by atoms with E-state index in [4.69, 9.17) is 11.6 Å². The third-order valence-corrected chi connectivity index (χ3v) is 6.15. The predicted octanol–water partition coefficient (Wildman–Crippen LogP) is 3.41. The van der Waals surface area contributed by atoms with Gasteiger partial charge in [-0.3, -0.25) is 0 Å². The molecule has 19 heavy (non-hydrogen) atoms. The highest BCUT2D eigenvalue weighted by Crippen LogP contribution is 2.65. The molecule has 2 atom stereocenters. The smallest absolute Gasteiger partial charge is 0.147 e. The first-order chi connectivity index (χ1) is 9.04. The molecule has 4 aliphatic carbocycles. The van der Waals surface area contributed by atoms with Crippen molar-refractivity contribution in [3.8, 4) is 0 Å². The number of nitrogens with zero attached hydrogens (tertiary/aromatic N) is 3. The Morgan fingerprint density at radius 3 is 2.42 bits per heavy atom. The monoisotopic (exact) mass is 279 g/mol. The molecule has 4 heteroatoms. The van der Waals surface area contributed by atoms with E-state index < -0.39 is 0 Å². The van der Waals surface area contributed by atoms with Crippen LogP contribution in [0.1, 0.15) is 57.1 Å². The number of rotatable bonds is 2. The molecule has 4 aliphatic rings. The van der Waals surface area contributed by atoms with Crippen LogP contribution in [0, 0.1) is 17.3 Å². The fourth-order valence-corrected chi connectivity index (χ4v) is 6.15. The fourth-order valence-electron chi connectivity index (χ4n) is 5.92. The van der Waals surface area contributed by atoms with Gasteiger partial charge in [0.15, 0.2) is 0 Å². The molecule has 0 radical (unpaired) electrons. The van der Waals surface area contributed by atoms with Crippen LogP contribution in [0.3, 0.4) is 0 Å². The van der Waals surface area contributed by atoms with E-state index in [1.165, 1.54) is 44.3 Å². The number of halogens is 1. The SMILES string of the molecule is Cn1c(CCl)nnc1C12CC3CC(CC(C)(C3)C1)C2. The van der Waals surface area contributed by atoms with E-state index in [0.717, 1.165) is 17.7 Å². The maximum atomic E-state index is 5.96. The lowest BCUT2D eigenvalue weighted by atomic mass is 9.44. The molecular weight excluding hydrogens is 258 g/mol. The normalized spacial score (nSPS) is 43.9. The summed E-state index contributed by atoms with van der Waals surface area (Å²) >= 11 is 5.96. The minimum atomic E-state index is 0.297. The van der Waals surface area contributed by atoms with Crippen molar-refractivity contribution in [3.63, 3.8) is 0 Å². The van der Waals surface area contributed by atoms with Crippen LogP contribution in [0.25, 0.3) is 0 Å². The summed E-state index contributed by atoms with van der Waals surface area (Å²) < 4.78 is 2.17. The van der Waals surface area contributed by atoms with Gasteiger partial charge in [-0.2, -0.15) is 0 Å². The molecule has 4 fully saturated rings. The maximum Gasteiger partial charge on any atom is 0.147 e. The molecular formula is C15H22ClN3. The molecule has 4 bridgehead atoms. The van der Waals surface area contributed by atoms with Crippen LogP contribution in [0.4, 0.5) is 0 Å². The van der Waals surface area contributed by atoms with E-state index in [2.05, 4.69) is 28.7 Å². The molecule has 3 nitrogen and oxygen atoms in total. The van der Waals surface area contributed by atoms with Crippen LogP contribution in [0.5, 0.6) is 0 Å². The fraction of sp³-hybridized carbons (Fsp3) is 0.867. The summed E-state index contributed by atoms with van der Waals surface area (Å²) in [7, 11) is 2.09. The molecule has 0 N–H and O–H groups in total. The Balaban J connectivity index is 1.79. The van der Waals surface area contributed by atoms with E-state index in [1.54, 1.807) is 0 Å². The van der Waals surface area contributed by atoms with Crippen molar-refractivity contribution in [3.05, 3.63) is 11.6 Å². The third-order valence-electron chi connectivity index (χ3n) is 5.91. The van der Waals surface area contributed by atoms with Crippen molar-refractivity contribution in [1.29, 1.82) is 0 Å². The van der Waals surface area contributed by atoms with Gasteiger partial charge in [-0.15, -0.1) is 21.8 Å². The minimum absolute atomic E-state index is 0.297. The summed E-state index contributed by atoms with van der Waals surface area (Å²) in [5.41, 5.74) is 0.849. The highest BCUT2D eigenvalue weighted by Gasteiger charge is 2.58. The second-order valence-corrected chi connectivity index (χ2v) is 7.95. The molecule has 0 saturated heterocycles. The van der Waals surface area contributed by atoms with Crippen molar-refractivity contribution in [2.45, 2.75) is 56.7 Å². The van der Waals surface area contributed by atoms with Crippen molar-refractivity contribution < 1.29 is 0 Å². The number of alkyl halides is 1. The molecule has 104 valence electrons. The predicted molar refractivity (Wildman–Crippen MR) is 75.0 cm³/mol. The van der Waals surface area contributed by atoms with Crippen LogP contribution in [-0.4, -0.2) is 14.8 Å². The Hall–Kier alpha value is -0.570. The second kappa shape index (κ2) is 3.75. The molecule has 0 aliphatic heterocycles. The minimum Gasteiger partial charge on any atom is -0.317 e. The molecule has 0 spiro atoms. The number of hydrogen-bond donors (Lipinski definition) is 0. The van der Waals surface area contributed by atoms with Gasteiger partial charge in [-0.25, -0.2) is 0 Å². The van der Waals surface area contributed by atoms with Crippen LogP contribution in [-0.2, 0) is 18.3 Å². The van der Waals surface area contributed by atoms with Gasteiger partial charge in [-0.05, 0) is 55.8 Å². The molecule has 1 heterocycles. The Bertz CT molecular complexity index is 507. The Kier molecular flexibility index (Phi) is 2.41. The second-order valence-electron chi connectivity index (χ2n) is 7.68. The Morgan fingerprint density at radius 2 is 1.89 bits per heavy atom. The van der Waals surface area contributed by atoms with Gasteiger partial charge in [-0.1, -0.05) is 6.92 Å². The lowest BCUT2D eigenvalue weighted by molar-refractivity contribution is -0.0658. The van der Waals surface area contributed by atoms with Gasteiger partial charge in [0.2, 0.25) is 0 Å². The Morgan fingerprint density at radius 1 is 1.21 bits per heavy atom. The van der Waals surface area contributed by atoms with E-state index in [9.17, 15) is 0 Å². The van der Waals surface area contributed by atoms with Crippen molar-refractivity contribution in [1.82, 2.24) is 14.8 Å². The topological polar surface area (TPSA) is 30.7 Å². The summed E-state index contributed by atoms with van der Waals surface area (Å²) in [6, 6.07) is 0. The zero-order chi connectivity index (χ0) is 13.3. The van der Waals surface area contributed by atoms with E-state index in [-0.39, 0.29) is 0 Å². The lowest BCUT2D eigenvalue weighted by Gasteiger charge is -2.60. The summed E-state index contributed by atoms with van der Waals surface area (Å²) in [6.07, 6.45) is 8.29. The van der Waals surface area contributed by atoms with Crippen LogP contribution >= 0.6 is 11.6 Å². The van der Waals surface area contributed by atoms with E-state index >= 15 is 0 Å². The van der Waals surface area contributed by atoms with Crippen molar-refractivity contribution >= 4 is 11.6 Å². The maximum absolute atomic E-state index is 5.96. The first-order valence-corrected chi connectivity index (χ1v) is 8.02. The van der Waals surface area contributed by atoms with E-state index in [0.29, 0.717) is 16.7 Å². The van der Waals surface area contributed by atoms with Gasteiger partial charge in [0, 0.05) is 12.5 Å². The summed E-state index contributed by atoms with van der Waals surface area (Å²) in [5, 5.41) is 8.83. The lowest BCUT2D eigenvalue weighted by Crippen LogP contribution is -2.53. The summed E-state index contributed by atoms with van der Waals surface area (Å²) in [5.74, 6) is 4.43. The standard InChI is InChI=1S/C15H22ClN3/c1-14-4-10-3-11(5-14)7-15(6-10,9-14)13-18-17-12(8-16)19(13)2/h10-11H,3-9H2,1-2H3. The zero-order valence-corrected chi connectivity index (χ0v) is 12.6. The zero-order valence-electron chi connectivity index (χ0n) is 11.8. The number of aromatic nitrogens is 3. The molecule has 1 aromatic rings. The summed E-state index contributed by atoms with van der Waals surface area (Å²) in [4.78, 5) is 0. The third kappa shape index (κ3) is 1.63. The molecule has 0 aromatic carbocycles. The highest BCUT2D eigenvalue weighted by molar-refractivity contribution is 6.16. The molecule has 1 aromatic heterocycles. The number of hydrogen-bond acceptors (Lipinski definition) is 2. The first kappa shape index (κ1) is 12.2. The van der Waals surface area contributed by atoms with Crippen LogP contribution < -0.4 is 0 Å². The first-order valence-electron chi connectivity index (χ1n) is 7.48. The van der Waals surface area contributed by atoms with Gasteiger partial charge in [0.1, 0.15) is 11.6 Å². The highest BCUT2D eigenvalue weighted by atomic mass is 35.5. The van der Waals surface area contributed by atoms with Gasteiger partial charge >= 0.3 is 0 Å². The van der Waals surface area contributed by atoms with Crippen molar-refractivity contribution in [2.24, 2.45) is 24.3 Å². The van der Waals surface area contributed by atoms with Gasteiger partial charge in [0.05, 0.1) is 5.88 Å². The van der Waals surface area contributed by atoms with Crippen molar-refractivity contribution in [2.75, 3.05) is 0 Å². The Labute approximate surface area is 119 Å². The average molecular weight is 280 g/mol. The quantitative estimate of drug-likeness (QED) is 0.777. The van der Waals surface area contributed by atoms with E-state index in [1.807, 2.05) is 0 Å². The largest absolute Gasteiger partial charge is 0.317 e. The molecule has 5 rings (SSSR count). The van der Waals surface area contributed by atoms with Gasteiger partial charge < -0.3 is 4.57 Å². The average Bonchev–Trinajstić information content (AvgIpc) is 2.67. The molecule has 2 unspecified atom stereocenters. The van der Waals surface area contributed by atoms with Crippen LogP contribution in [0.2, 0.25) is 0 Å². The van der Waals surface area contributed by atoms with Crippen LogP contribution in [0.15, 0.2) is 0 Å². The molecule has 0 amide bonds. The summed E-state index contributed by atoms with van der Waals surface area (Å²) in [6.45, 7) is 2.50. The molecule has 4 saturated carbocycles.